The summed E-state index contributed by atoms with van der Waals surface area (Å²) in [5.41, 5.74) is 1.77. The van der Waals surface area contributed by atoms with Crippen LogP contribution in [0.15, 0.2) is 24.3 Å². The fourth-order valence-corrected chi connectivity index (χ4v) is 4.04. The summed E-state index contributed by atoms with van der Waals surface area (Å²) in [4.78, 5) is 26.4. The maximum Gasteiger partial charge on any atom is 0.251 e. The summed E-state index contributed by atoms with van der Waals surface area (Å²) in [6.07, 6.45) is 0.800. The first-order valence-electron chi connectivity index (χ1n) is 8.08. The average molecular weight is 333 g/mol. The van der Waals surface area contributed by atoms with Gasteiger partial charge in [-0.3, -0.25) is 9.59 Å². The number of hydrogen-bond acceptors (Lipinski definition) is 4. The van der Waals surface area contributed by atoms with Gasteiger partial charge in [0, 0.05) is 31.0 Å². The quantitative estimate of drug-likeness (QED) is 0.870. The normalized spacial score (nSPS) is 24.0. The van der Waals surface area contributed by atoms with Crippen LogP contribution >= 0.6 is 11.8 Å². The number of carbonyl (C=O) groups is 2. The number of thioether (sulfide) groups is 1. The molecule has 0 saturated carbocycles. The molecule has 2 N–H and O–H groups in total. The Labute approximate surface area is 141 Å². The van der Waals surface area contributed by atoms with Gasteiger partial charge in [-0.2, -0.15) is 0 Å². The molecule has 0 radical (unpaired) electrons. The van der Waals surface area contributed by atoms with Crippen molar-refractivity contribution in [1.29, 1.82) is 0 Å². The molecule has 124 valence electrons. The fraction of sp³-hybridized carbons (Fsp3) is 0.529. The number of hydrogen-bond donors (Lipinski definition) is 2. The van der Waals surface area contributed by atoms with E-state index in [9.17, 15) is 9.59 Å². The van der Waals surface area contributed by atoms with Gasteiger partial charge in [-0.1, -0.05) is 17.7 Å². The highest BCUT2D eigenvalue weighted by Gasteiger charge is 2.33. The van der Waals surface area contributed by atoms with Gasteiger partial charge in [0.2, 0.25) is 5.91 Å². The first-order chi connectivity index (χ1) is 11.1. The van der Waals surface area contributed by atoms with E-state index in [1.165, 1.54) is 0 Å². The number of nitrogens with zero attached hydrogens (tertiary/aromatic N) is 1. The van der Waals surface area contributed by atoms with Crippen LogP contribution in [0.1, 0.15) is 22.3 Å². The van der Waals surface area contributed by atoms with Gasteiger partial charge < -0.3 is 15.5 Å². The lowest BCUT2D eigenvalue weighted by Crippen LogP contribution is -2.42. The van der Waals surface area contributed by atoms with Crippen LogP contribution in [0.5, 0.6) is 0 Å². The minimum Gasteiger partial charge on any atom is -0.352 e. The molecule has 2 saturated heterocycles. The summed E-state index contributed by atoms with van der Waals surface area (Å²) >= 11 is 1.80. The molecule has 2 aliphatic heterocycles. The molecule has 5 nitrogen and oxygen atoms in total. The van der Waals surface area contributed by atoms with E-state index in [4.69, 9.17) is 0 Å². The molecule has 3 rings (SSSR count). The molecule has 2 amide bonds. The van der Waals surface area contributed by atoms with Crippen LogP contribution in [0.25, 0.3) is 0 Å². The third-order valence-electron chi connectivity index (χ3n) is 4.42. The van der Waals surface area contributed by atoms with Crippen molar-refractivity contribution in [3.05, 3.63) is 35.4 Å². The minimum atomic E-state index is -0.0884. The Morgan fingerprint density at radius 1 is 1.43 bits per heavy atom. The number of rotatable bonds is 4. The van der Waals surface area contributed by atoms with Crippen molar-refractivity contribution in [1.82, 2.24) is 15.5 Å². The molecule has 2 heterocycles. The van der Waals surface area contributed by atoms with Gasteiger partial charge in [0.15, 0.2) is 0 Å². The second-order valence-corrected chi connectivity index (χ2v) is 7.36. The minimum absolute atomic E-state index is 0.0422. The molecule has 1 aromatic carbocycles. The Morgan fingerprint density at radius 3 is 3.04 bits per heavy atom. The van der Waals surface area contributed by atoms with Crippen LogP contribution < -0.4 is 10.6 Å². The summed E-state index contributed by atoms with van der Waals surface area (Å²) in [6, 6.07) is 7.50. The molecule has 0 aliphatic carbocycles. The summed E-state index contributed by atoms with van der Waals surface area (Å²) in [6.45, 7) is 4.23. The maximum atomic E-state index is 12.4. The number of amides is 2. The Morgan fingerprint density at radius 2 is 2.30 bits per heavy atom. The van der Waals surface area contributed by atoms with Gasteiger partial charge in [0.05, 0.1) is 11.9 Å². The van der Waals surface area contributed by atoms with Crippen molar-refractivity contribution >= 4 is 23.6 Å². The monoisotopic (exact) mass is 333 g/mol. The second-order valence-electron chi connectivity index (χ2n) is 6.28. The molecular weight excluding hydrogens is 310 g/mol. The van der Waals surface area contributed by atoms with Crippen LogP contribution in [0.4, 0.5) is 0 Å². The summed E-state index contributed by atoms with van der Waals surface area (Å²) in [7, 11) is 0. The lowest BCUT2D eigenvalue weighted by Gasteiger charge is -2.19. The molecule has 2 aliphatic rings. The number of nitrogens with one attached hydrogen (secondary N) is 2. The predicted molar refractivity (Wildman–Crippen MR) is 92.4 cm³/mol. The van der Waals surface area contributed by atoms with Crippen LogP contribution in [-0.4, -0.2) is 54.0 Å². The van der Waals surface area contributed by atoms with E-state index >= 15 is 0 Å². The molecule has 2 atom stereocenters. The largest absolute Gasteiger partial charge is 0.352 e. The van der Waals surface area contributed by atoms with E-state index in [1.807, 2.05) is 36.1 Å². The topological polar surface area (TPSA) is 61.4 Å². The van der Waals surface area contributed by atoms with E-state index in [2.05, 4.69) is 10.6 Å². The smallest absolute Gasteiger partial charge is 0.251 e. The van der Waals surface area contributed by atoms with Crippen molar-refractivity contribution in [2.24, 2.45) is 5.92 Å². The van der Waals surface area contributed by atoms with E-state index in [0.29, 0.717) is 18.0 Å². The van der Waals surface area contributed by atoms with E-state index in [-0.39, 0.29) is 17.9 Å². The molecule has 23 heavy (non-hydrogen) atoms. The number of carbonyl (C=O) groups excluding carboxylic acids is 2. The lowest BCUT2D eigenvalue weighted by atomic mass is 10.0. The Kier molecular flexibility index (Phi) is 5.23. The van der Waals surface area contributed by atoms with Crippen molar-refractivity contribution in [2.45, 2.75) is 19.4 Å². The van der Waals surface area contributed by atoms with Gasteiger partial charge >= 0.3 is 0 Å². The fourth-order valence-electron chi connectivity index (χ4n) is 3.09. The van der Waals surface area contributed by atoms with E-state index in [1.54, 1.807) is 11.8 Å². The number of benzene rings is 1. The highest BCUT2D eigenvalue weighted by Crippen LogP contribution is 2.20. The average Bonchev–Trinajstić information content (AvgIpc) is 3.23. The molecule has 0 spiro atoms. The van der Waals surface area contributed by atoms with Crippen molar-refractivity contribution in [3.63, 3.8) is 0 Å². The lowest BCUT2D eigenvalue weighted by molar-refractivity contribution is -0.131. The molecular formula is C17H23N3O2S. The van der Waals surface area contributed by atoms with Crippen LogP contribution in [0.2, 0.25) is 0 Å². The Balaban J connectivity index is 1.46. The third kappa shape index (κ3) is 4.06. The first-order valence-corrected chi connectivity index (χ1v) is 9.24. The Hall–Kier alpha value is -1.53. The molecule has 2 unspecified atom stereocenters. The van der Waals surface area contributed by atoms with Crippen LogP contribution in [-0.2, 0) is 4.79 Å². The standard InChI is InChI=1S/C17H23N3O2S/c1-12-3-2-4-14(7-12)16(21)19-10-13-8-15(18-9-13)17(22)20-5-6-23-11-20/h2-4,7,13,15,18H,5-6,8-11H2,1H3,(H,19,21). The van der Waals surface area contributed by atoms with Crippen LogP contribution in [0.3, 0.4) is 0 Å². The van der Waals surface area contributed by atoms with Gasteiger partial charge in [0.25, 0.3) is 5.91 Å². The molecule has 0 bridgehead atoms. The zero-order chi connectivity index (χ0) is 16.2. The van der Waals surface area contributed by atoms with Gasteiger partial charge in [0.1, 0.15) is 0 Å². The predicted octanol–water partition coefficient (Wildman–Crippen LogP) is 1.24. The zero-order valence-electron chi connectivity index (χ0n) is 13.4. The summed E-state index contributed by atoms with van der Waals surface area (Å²) in [5.74, 6) is 2.33. The van der Waals surface area contributed by atoms with Gasteiger partial charge in [-0.15, -0.1) is 11.8 Å². The molecule has 1 aromatic rings. The summed E-state index contributed by atoms with van der Waals surface area (Å²) < 4.78 is 0. The van der Waals surface area contributed by atoms with Crippen molar-refractivity contribution < 1.29 is 9.59 Å². The van der Waals surface area contributed by atoms with E-state index in [0.717, 1.165) is 36.7 Å². The van der Waals surface area contributed by atoms with E-state index < -0.39 is 0 Å². The maximum absolute atomic E-state index is 12.4. The SMILES string of the molecule is Cc1cccc(C(=O)NCC2CNC(C(=O)N3CCSC3)C2)c1. The Bertz CT molecular complexity index is 587. The summed E-state index contributed by atoms with van der Waals surface area (Å²) in [5, 5.41) is 6.29. The molecule has 2 fully saturated rings. The zero-order valence-corrected chi connectivity index (χ0v) is 14.2. The molecule has 6 heteroatoms. The van der Waals surface area contributed by atoms with Crippen molar-refractivity contribution in [2.75, 3.05) is 31.3 Å². The van der Waals surface area contributed by atoms with Gasteiger partial charge in [-0.25, -0.2) is 0 Å². The van der Waals surface area contributed by atoms with Crippen molar-refractivity contribution in [3.8, 4) is 0 Å². The third-order valence-corrected chi connectivity index (χ3v) is 5.38. The first kappa shape index (κ1) is 16.3. The second kappa shape index (κ2) is 7.36. The highest BCUT2D eigenvalue weighted by atomic mass is 32.2. The number of aryl methyl sites for hydroxylation is 1. The molecule has 0 aromatic heterocycles. The van der Waals surface area contributed by atoms with Crippen LogP contribution in [0, 0.1) is 12.8 Å². The highest BCUT2D eigenvalue weighted by molar-refractivity contribution is 7.99. The van der Waals surface area contributed by atoms with Gasteiger partial charge in [-0.05, 0) is 31.4 Å².